The molecular formula is C16H26N2O2. The number of ether oxygens (including phenoxy) is 2. The van der Waals surface area contributed by atoms with Crippen molar-refractivity contribution in [1.29, 1.82) is 0 Å². The molecule has 1 heterocycles. The lowest BCUT2D eigenvalue weighted by Gasteiger charge is -2.39. The van der Waals surface area contributed by atoms with Crippen LogP contribution < -0.4 is 10.1 Å². The fourth-order valence-corrected chi connectivity index (χ4v) is 2.68. The maximum atomic E-state index is 5.92. The van der Waals surface area contributed by atoms with Crippen LogP contribution in [0.3, 0.4) is 0 Å². The summed E-state index contributed by atoms with van der Waals surface area (Å²) in [6.45, 7) is 5.53. The molecule has 20 heavy (non-hydrogen) atoms. The van der Waals surface area contributed by atoms with Gasteiger partial charge in [-0.05, 0) is 38.2 Å². The predicted molar refractivity (Wildman–Crippen MR) is 81.3 cm³/mol. The van der Waals surface area contributed by atoms with Gasteiger partial charge in [0.05, 0.1) is 25.4 Å². The van der Waals surface area contributed by atoms with Crippen LogP contribution in [0.4, 0.5) is 0 Å². The van der Waals surface area contributed by atoms with Gasteiger partial charge in [-0.15, -0.1) is 0 Å². The van der Waals surface area contributed by atoms with E-state index in [1.165, 1.54) is 5.56 Å². The summed E-state index contributed by atoms with van der Waals surface area (Å²) < 4.78 is 11.6. The molecule has 1 saturated heterocycles. The van der Waals surface area contributed by atoms with Crippen LogP contribution in [0.2, 0.25) is 0 Å². The molecule has 0 bridgehead atoms. The highest BCUT2D eigenvalue weighted by Gasteiger charge is 2.30. The first-order chi connectivity index (χ1) is 9.76. The summed E-state index contributed by atoms with van der Waals surface area (Å²) in [5, 5.41) is 3.22. The molecule has 0 aromatic heterocycles. The summed E-state index contributed by atoms with van der Waals surface area (Å²) in [5.74, 6) is 0.945. The molecule has 1 aliphatic heterocycles. The molecule has 112 valence electrons. The van der Waals surface area contributed by atoms with Crippen molar-refractivity contribution in [3.05, 3.63) is 29.8 Å². The molecule has 4 heteroatoms. The third-order valence-electron chi connectivity index (χ3n) is 3.70. The molecular weight excluding hydrogens is 252 g/mol. The molecule has 0 amide bonds. The largest absolute Gasteiger partial charge is 0.494 e. The van der Waals surface area contributed by atoms with Crippen LogP contribution in [0.1, 0.15) is 24.9 Å². The van der Waals surface area contributed by atoms with Gasteiger partial charge in [-0.25, -0.2) is 0 Å². The maximum Gasteiger partial charge on any atom is 0.119 e. The number of benzene rings is 1. The summed E-state index contributed by atoms with van der Waals surface area (Å²) in [5.41, 5.74) is 1.29. The van der Waals surface area contributed by atoms with Crippen molar-refractivity contribution in [2.75, 3.05) is 40.4 Å². The Kier molecular flexibility index (Phi) is 5.83. The van der Waals surface area contributed by atoms with Gasteiger partial charge in [-0.2, -0.15) is 0 Å². The third-order valence-corrected chi connectivity index (χ3v) is 3.70. The molecule has 1 fully saturated rings. The monoisotopic (exact) mass is 278 g/mol. The summed E-state index contributed by atoms with van der Waals surface area (Å²) in [6.07, 6.45) is 1.23. The van der Waals surface area contributed by atoms with Crippen molar-refractivity contribution in [1.82, 2.24) is 10.2 Å². The van der Waals surface area contributed by atoms with Crippen LogP contribution in [0.25, 0.3) is 0 Å². The molecule has 1 aliphatic rings. The molecule has 1 N–H and O–H groups in total. The van der Waals surface area contributed by atoms with Crippen molar-refractivity contribution < 1.29 is 9.47 Å². The van der Waals surface area contributed by atoms with E-state index in [1.54, 1.807) is 0 Å². The summed E-state index contributed by atoms with van der Waals surface area (Å²) in [6, 6.07) is 8.73. The van der Waals surface area contributed by atoms with E-state index < -0.39 is 0 Å². The van der Waals surface area contributed by atoms with Crippen molar-refractivity contribution in [2.45, 2.75) is 25.5 Å². The Morgan fingerprint density at radius 1 is 1.35 bits per heavy atom. The SMILES string of the molecule is CCCOc1ccc(C2C(CNC)OCCN2C)cc1. The van der Waals surface area contributed by atoms with E-state index in [2.05, 4.69) is 48.5 Å². The molecule has 4 nitrogen and oxygen atoms in total. The average Bonchev–Trinajstić information content (AvgIpc) is 2.46. The van der Waals surface area contributed by atoms with E-state index in [4.69, 9.17) is 9.47 Å². The Morgan fingerprint density at radius 2 is 2.10 bits per heavy atom. The van der Waals surface area contributed by atoms with Gasteiger partial charge in [0.25, 0.3) is 0 Å². The lowest BCUT2D eigenvalue weighted by atomic mass is 9.98. The number of nitrogens with one attached hydrogen (secondary N) is 1. The number of likely N-dealkylation sites (N-methyl/N-ethyl adjacent to an activating group) is 2. The van der Waals surface area contributed by atoms with E-state index in [-0.39, 0.29) is 6.10 Å². The van der Waals surface area contributed by atoms with Gasteiger partial charge >= 0.3 is 0 Å². The fourth-order valence-electron chi connectivity index (χ4n) is 2.68. The van der Waals surface area contributed by atoms with Gasteiger partial charge in [-0.1, -0.05) is 19.1 Å². The second-order valence-electron chi connectivity index (χ2n) is 5.31. The van der Waals surface area contributed by atoms with Crippen molar-refractivity contribution in [2.24, 2.45) is 0 Å². The highest BCUT2D eigenvalue weighted by atomic mass is 16.5. The van der Waals surface area contributed by atoms with Gasteiger partial charge in [-0.3, -0.25) is 4.90 Å². The second kappa shape index (κ2) is 7.62. The van der Waals surface area contributed by atoms with Crippen LogP contribution in [-0.2, 0) is 4.74 Å². The zero-order valence-electron chi connectivity index (χ0n) is 12.8. The van der Waals surface area contributed by atoms with E-state index in [0.29, 0.717) is 6.04 Å². The van der Waals surface area contributed by atoms with Crippen molar-refractivity contribution >= 4 is 0 Å². The van der Waals surface area contributed by atoms with E-state index in [0.717, 1.165) is 38.5 Å². The lowest BCUT2D eigenvalue weighted by molar-refractivity contribution is -0.0606. The fraction of sp³-hybridized carbons (Fsp3) is 0.625. The Hall–Kier alpha value is -1.10. The Morgan fingerprint density at radius 3 is 2.75 bits per heavy atom. The highest BCUT2D eigenvalue weighted by molar-refractivity contribution is 5.30. The molecule has 0 spiro atoms. The molecule has 1 aromatic carbocycles. The normalized spacial score (nSPS) is 23.8. The molecule has 2 unspecified atom stereocenters. The van der Waals surface area contributed by atoms with Crippen LogP contribution in [-0.4, -0.2) is 51.4 Å². The van der Waals surface area contributed by atoms with Gasteiger partial charge < -0.3 is 14.8 Å². The minimum Gasteiger partial charge on any atom is -0.494 e. The summed E-state index contributed by atoms with van der Waals surface area (Å²) in [7, 11) is 4.13. The first kappa shape index (κ1) is 15.3. The number of nitrogens with zero attached hydrogens (tertiary/aromatic N) is 1. The molecule has 0 radical (unpaired) electrons. The molecule has 0 saturated carbocycles. The Balaban J connectivity index is 2.10. The van der Waals surface area contributed by atoms with Crippen molar-refractivity contribution in [3.63, 3.8) is 0 Å². The quantitative estimate of drug-likeness (QED) is 0.863. The van der Waals surface area contributed by atoms with Crippen molar-refractivity contribution in [3.8, 4) is 5.75 Å². The lowest BCUT2D eigenvalue weighted by Crippen LogP contribution is -2.46. The minimum atomic E-state index is 0.196. The summed E-state index contributed by atoms with van der Waals surface area (Å²) in [4.78, 5) is 2.37. The zero-order chi connectivity index (χ0) is 14.4. The van der Waals surface area contributed by atoms with Crippen LogP contribution in [0, 0.1) is 0 Å². The van der Waals surface area contributed by atoms with Gasteiger partial charge in [0.2, 0.25) is 0 Å². The molecule has 0 aliphatic carbocycles. The maximum absolute atomic E-state index is 5.92. The third kappa shape index (κ3) is 3.72. The standard InChI is InChI=1S/C16H26N2O2/c1-4-10-19-14-7-5-13(6-8-14)16-15(12-17-2)20-11-9-18(16)3/h5-8,15-17H,4,9-12H2,1-3H3. The second-order valence-corrected chi connectivity index (χ2v) is 5.31. The topological polar surface area (TPSA) is 33.7 Å². The van der Waals surface area contributed by atoms with E-state index in [1.807, 2.05) is 7.05 Å². The van der Waals surface area contributed by atoms with Gasteiger partial charge in [0, 0.05) is 13.1 Å². The summed E-state index contributed by atoms with van der Waals surface area (Å²) >= 11 is 0. The Labute approximate surface area is 122 Å². The van der Waals surface area contributed by atoms with Crippen LogP contribution >= 0.6 is 0 Å². The number of hydrogen-bond acceptors (Lipinski definition) is 4. The highest BCUT2D eigenvalue weighted by Crippen LogP contribution is 2.29. The van der Waals surface area contributed by atoms with Gasteiger partial charge in [0.1, 0.15) is 5.75 Å². The average molecular weight is 278 g/mol. The van der Waals surface area contributed by atoms with Gasteiger partial charge in [0.15, 0.2) is 0 Å². The minimum absolute atomic E-state index is 0.196. The molecule has 1 aromatic rings. The number of hydrogen-bond donors (Lipinski definition) is 1. The van der Waals surface area contributed by atoms with E-state index in [9.17, 15) is 0 Å². The number of rotatable bonds is 6. The Bertz CT molecular complexity index is 392. The number of morpholine rings is 1. The zero-order valence-corrected chi connectivity index (χ0v) is 12.8. The molecule has 2 rings (SSSR count). The predicted octanol–water partition coefficient (Wildman–Crippen LogP) is 2.07. The first-order valence-corrected chi connectivity index (χ1v) is 7.45. The molecule has 2 atom stereocenters. The van der Waals surface area contributed by atoms with Crippen LogP contribution in [0.15, 0.2) is 24.3 Å². The van der Waals surface area contributed by atoms with E-state index >= 15 is 0 Å². The smallest absolute Gasteiger partial charge is 0.119 e. The van der Waals surface area contributed by atoms with Crippen LogP contribution in [0.5, 0.6) is 5.75 Å². The first-order valence-electron chi connectivity index (χ1n) is 7.45.